The van der Waals surface area contributed by atoms with Crippen LogP contribution in [0.3, 0.4) is 0 Å². The van der Waals surface area contributed by atoms with Crippen molar-refractivity contribution in [3.63, 3.8) is 0 Å². The van der Waals surface area contributed by atoms with Crippen LogP contribution in [0.15, 0.2) is 0 Å². The fourth-order valence-electron chi connectivity index (χ4n) is 0.640. The van der Waals surface area contributed by atoms with Crippen molar-refractivity contribution in [2.75, 3.05) is 25.9 Å². The van der Waals surface area contributed by atoms with Gasteiger partial charge in [-0.05, 0) is 27.4 Å². The SMILES string of the molecule is CCN(C)CC[S+]([O-])C(C)C. The zero-order valence-corrected chi connectivity index (χ0v) is 8.78. The van der Waals surface area contributed by atoms with Gasteiger partial charge in [0, 0.05) is 6.54 Å². The summed E-state index contributed by atoms with van der Waals surface area (Å²) < 4.78 is 11.2. The summed E-state index contributed by atoms with van der Waals surface area (Å²) in [5, 5.41) is 0.306. The maximum atomic E-state index is 11.2. The predicted molar refractivity (Wildman–Crippen MR) is 51.3 cm³/mol. The van der Waals surface area contributed by atoms with Gasteiger partial charge in [-0.3, -0.25) is 0 Å². The molecule has 0 heterocycles. The summed E-state index contributed by atoms with van der Waals surface area (Å²) in [5.41, 5.74) is 0. The van der Waals surface area contributed by atoms with Crippen LogP contribution < -0.4 is 0 Å². The van der Waals surface area contributed by atoms with Crippen molar-refractivity contribution in [2.45, 2.75) is 26.0 Å². The minimum Gasteiger partial charge on any atom is -0.616 e. The molecule has 0 fully saturated rings. The van der Waals surface area contributed by atoms with Crippen molar-refractivity contribution in [2.24, 2.45) is 0 Å². The van der Waals surface area contributed by atoms with E-state index in [9.17, 15) is 4.55 Å². The van der Waals surface area contributed by atoms with E-state index in [1.165, 1.54) is 0 Å². The normalized spacial score (nSPS) is 14.5. The molecule has 68 valence electrons. The summed E-state index contributed by atoms with van der Waals surface area (Å²) >= 11 is -0.636. The topological polar surface area (TPSA) is 26.3 Å². The molecular formula is C8H19NOS. The van der Waals surface area contributed by atoms with Crippen LogP contribution in [0.1, 0.15) is 20.8 Å². The quantitative estimate of drug-likeness (QED) is 0.588. The lowest BCUT2D eigenvalue weighted by molar-refractivity contribution is 0.373. The molecule has 0 spiro atoms. The minimum absolute atomic E-state index is 0.306. The summed E-state index contributed by atoms with van der Waals surface area (Å²) in [6, 6.07) is 0. The third-order valence-corrected chi connectivity index (χ3v) is 3.38. The second-order valence-electron chi connectivity index (χ2n) is 3.03. The van der Waals surface area contributed by atoms with Gasteiger partial charge < -0.3 is 9.45 Å². The van der Waals surface area contributed by atoms with E-state index < -0.39 is 11.2 Å². The van der Waals surface area contributed by atoms with Gasteiger partial charge >= 0.3 is 0 Å². The lowest BCUT2D eigenvalue weighted by atomic mass is 10.6. The summed E-state index contributed by atoms with van der Waals surface area (Å²) in [5.74, 6) is 0.808. The molecule has 0 rings (SSSR count). The van der Waals surface area contributed by atoms with Crippen LogP contribution in [0, 0.1) is 0 Å². The number of rotatable bonds is 5. The molecule has 0 aromatic carbocycles. The maximum absolute atomic E-state index is 11.2. The Morgan fingerprint density at radius 1 is 1.45 bits per heavy atom. The van der Waals surface area contributed by atoms with Crippen LogP contribution in [-0.4, -0.2) is 40.6 Å². The Kier molecular flexibility index (Phi) is 6.01. The number of hydrogen-bond donors (Lipinski definition) is 0. The van der Waals surface area contributed by atoms with Gasteiger partial charge in [0.25, 0.3) is 0 Å². The molecule has 0 aromatic rings. The Morgan fingerprint density at radius 3 is 2.36 bits per heavy atom. The van der Waals surface area contributed by atoms with Gasteiger partial charge in [-0.2, -0.15) is 0 Å². The van der Waals surface area contributed by atoms with Crippen LogP contribution in [0.25, 0.3) is 0 Å². The van der Waals surface area contributed by atoms with Crippen LogP contribution in [0.5, 0.6) is 0 Å². The molecule has 0 bridgehead atoms. The highest BCUT2D eigenvalue weighted by atomic mass is 32.2. The fourth-order valence-corrected chi connectivity index (χ4v) is 1.60. The van der Waals surface area contributed by atoms with Gasteiger partial charge in [0.15, 0.2) is 0 Å². The molecular weight excluding hydrogens is 158 g/mol. The van der Waals surface area contributed by atoms with E-state index >= 15 is 0 Å². The Morgan fingerprint density at radius 2 is 2.00 bits per heavy atom. The third kappa shape index (κ3) is 5.53. The summed E-state index contributed by atoms with van der Waals surface area (Å²) in [7, 11) is 2.05. The summed E-state index contributed by atoms with van der Waals surface area (Å²) in [6.07, 6.45) is 0. The van der Waals surface area contributed by atoms with Gasteiger partial charge in [0.1, 0.15) is 11.0 Å². The molecule has 0 N–H and O–H groups in total. The zero-order chi connectivity index (χ0) is 8.85. The Bertz CT molecular complexity index is 98.1. The first-order valence-corrected chi connectivity index (χ1v) is 5.51. The summed E-state index contributed by atoms with van der Waals surface area (Å²) in [6.45, 7) is 8.10. The van der Waals surface area contributed by atoms with E-state index in [0.29, 0.717) is 5.25 Å². The second-order valence-corrected chi connectivity index (χ2v) is 5.14. The smallest absolute Gasteiger partial charge is 0.118 e. The number of nitrogens with zero attached hydrogens (tertiary/aromatic N) is 1. The molecule has 1 atom stereocenters. The lowest BCUT2D eigenvalue weighted by Gasteiger charge is -2.18. The van der Waals surface area contributed by atoms with Crippen molar-refractivity contribution in [1.29, 1.82) is 0 Å². The lowest BCUT2D eigenvalue weighted by Crippen LogP contribution is -2.28. The van der Waals surface area contributed by atoms with E-state index in [0.717, 1.165) is 18.8 Å². The Hall–Kier alpha value is 0.270. The molecule has 0 saturated heterocycles. The van der Waals surface area contributed by atoms with Gasteiger partial charge in [0.05, 0.1) is 0 Å². The van der Waals surface area contributed by atoms with Crippen molar-refractivity contribution in [1.82, 2.24) is 4.90 Å². The molecule has 2 nitrogen and oxygen atoms in total. The van der Waals surface area contributed by atoms with Crippen molar-refractivity contribution in [3.05, 3.63) is 0 Å². The highest BCUT2D eigenvalue weighted by Crippen LogP contribution is 2.00. The van der Waals surface area contributed by atoms with Gasteiger partial charge in [-0.1, -0.05) is 18.1 Å². The maximum Gasteiger partial charge on any atom is 0.118 e. The molecule has 3 heteroatoms. The molecule has 0 aliphatic carbocycles. The molecule has 0 saturated carbocycles. The van der Waals surface area contributed by atoms with Crippen molar-refractivity contribution in [3.8, 4) is 0 Å². The van der Waals surface area contributed by atoms with Gasteiger partial charge in [-0.15, -0.1) is 0 Å². The highest BCUT2D eigenvalue weighted by Gasteiger charge is 2.11. The minimum atomic E-state index is -0.636. The zero-order valence-electron chi connectivity index (χ0n) is 7.96. The van der Waals surface area contributed by atoms with Crippen LogP contribution in [-0.2, 0) is 11.2 Å². The van der Waals surface area contributed by atoms with Gasteiger partial charge in [0.2, 0.25) is 0 Å². The van der Waals surface area contributed by atoms with Gasteiger partial charge in [-0.25, -0.2) is 0 Å². The van der Waals surface area contributed by atoms with E-state index in [1.54, 1.807) is 0 Å². The van der Waals surface area contributed by atoms with Crippen molar-refractivity contribution >= 4 is 11.2 Å². The molecule has 0 aliphatic rings. The van der Waals surface area contributed by atoms with Crippen LogP contribution in [0.2, 0.25) is 0 Å². The highest BCUT2D eigenvalue weighted by molar-refractivity contribution is 7.91. The van der Waals surface area contributed by atoms with E-state index in [-0.39, 0.29) is 0 Å². The predicted octanol–water partition coefficient (Wildman–Crippen LogP) is 1.10. The first-order valence-electron chi connectivity index (χ1n) is 4.13. The first-order chi connectivity index (χ1) is 5.07. The van der Waals surface area contributed by atoms with E-state index in [1.807, 2.05) is 13.8 Å². The standard InChI is InChI=1S/C8H19NOS/c1-5-9(4)6-7-11(10)8(2)3/h8H,5-7H2,1-4H3. The Balaban J connectivity index is 3.37. The average molecular weight is 177 g/mol. The monoisotopic (exact) mass is 177 g/mol. The first kappa shape index (κ1) is 11.3. The average Bonchev–Trinajstić information content (AvgIpc) is 1.99. The molecule has 0 amide bonds. The van der Waals surface area contributed by atoms with E-state index in [4.69, 9.17) is 0 Å². The molecule has 0 aliphatic heterocycles. The summed E-state index contributed by atoms with van der Waals surface area (Å²) in [4.78, 5) is 2.18. The molecule has 0 radical (unpaired) electrons. The largest absolute Gasteiger partial charge is 0.616 e. The van der Waals surface area contributed by atoms with Crippen LogP contribution >= 0.6 is 0 Å². The third-order valence-electron chi connectivity index (χ3n) is 1.74. The van der Waals surface area contributed by atoms with Crippen molar-refractivity contribution < 1.29 is 4.55 Å². The van der Waals surface area contributed by atoms with Crippen LogP contribution in [0.4, 0.5) is 0 Å². The number of hydrogen-bond acceptors (Lipinski definition) is 2. The Labute approximate surface area is 73.1 Å². The molecule has 0 aromatic heterocycles. The van der Waals surface area contributed by atoms with E-state index in [2.05, 4.69) is 18.9 Å². The second kappa shape index (κ2) is 5.86. The fraction of sp³-hybridized carbons (Fsp3) is 1.00. The molecule has 1 unspecified atom stereocenters. The molecule has 11 heavy (non-hydrogen) atoms.